The van der Waals surface area contributed by atoms with Crippen molar-refractivity contribution in [2.75, 3.05) is 5.32 Å². The van der Waals surface area contributed by atoms with Crippen molar-refractivity contribution in [3.05, 3.63) is 47.8 Å². The number of benzene rings is 1. The van der Waals surface area contributed by atoms with Gasteiger partial charge in [0.25, 0.3) is 0 Å². The van der Waals surface area contributed by atoms with E-state index in [1.807, 2.05) is 28.4 Å². The van der Waals surface area contributed by atoms with Gasteiger partial charge in [0.15, 0.2) is 5.65 Å². The highest BCUT2D eigenvalue weighted by Gasteiger charge is 2.22. The second-order valence-electron chi connectivity index (χ2n) is 9.44. The minimum atomic E-state index is -0.0357. The van der Waals surface area contributed by atoms with Gasteiger partial charge in [-0.25, -0.2) is 9.50 Å². The van der Waals surface area contributed by atoms with Crippen molar-refractivity contribution < 1.29 is 0 Å². The molecule has 4 aromatic rings. The van der Waals surface area contributed by atoms with Crippen molar-refractivity contribution in [1.29, 1.82) is 0 Å². The van der Waals surface area contributed by atoms with Gasteiger partial charge in [0.2, 0.25) is 0 Å². The van der Waals surface area contributed by atoms with Crippen molar-refractivity contribution in [2.24, 2.45) is 7.05 Å². The number of aromatic nitrogens is 5. The van der Waals surface area contributed by atoms with Crippen LogP contribution in [0.3, 0.4) is 0 Å². The molecule has 0 aliphatic carbocycles. The van der Waals surface area contributed by atoms with Crippen LogP contribution in [0.1, 0.15) is 52.9 Å². The Morgan fingerprint density at radius 3 is 2.14 bits per heavy atom. The van der Waals surface area contributed by atoms with Crippen LogP contribution in [0.5, 0.6) is 0 Å². The lowest BCUT2D eigenvalue weighted by atomic mass is 9.92. The molecule has 4 rings (SSSR count). The van der Waals surface area contributed by atoms with E-state index in [0.717, 1.165) is 39.6 Å². The SMILES string of the molecule is Cn1nc(C(C)(C)C)cc1Nc1nc2cc(C(C)(C)C)nn2c2ccccc12. The van der Waals surface area contributed by atoms with E-state index in [-0.39, 0.29) is 10.8 Å². The zero-order valence-corrected chi connectivity index (χ0v) is 17.7. The highest BCUT2D eigenvalue weighted by molar-refractivity contribution is 5.92. The van der Waals surface area contributed by atoms with Crippen molar-refractivity contribution >= 4 is 28.2 Å². The quantitative estimate of drug-likeness (QED) is 0.537. The first kappa shape index (κ1) is 18.5. The van der Waals surface area contributed by atoms with Crippen LogP contribution in [0.2, 0.25) is 0 Å². The van der Waals surface area contributed by atoms with Crippen LogP contribution in [0.25, 0.3) is 16.6 Å². The number of fused-ring (bicyclic) bond motifs is 3. The summed E-state index contributed by atoms with van der Waals surface area (Å²) in [6, 6.07) is 12.4. The first-order chi connectivity index (χ1) is 13.0. The summed E-state index contributed by atoms with van der Waals surface area (Å²) in [5.74, 6) is 1.73. The van der Waals surface area contributed by atoms with Crippen molar-refractivity contribution in [1.82, 2.24) is 24.4 Å². The molecule has 1 N–H and O–H groups in total. The van der Waals surface area contributed by atoms with Crippen LogP contribution in [-0.2, 0) is 17.9 Å². The Morgan fingerprint density at radius 1 is 0.857 bits per heavy atom. The minimum absolute atomic E-state index is 0.00972. The smallest absolute Gasteiger partial charge is 0.158 e. The Kier molecular flexibility index (Phi) is 4.00. The fraction of sp³-hybridized carbons (Fsp3) is 0.409. The van der Waals surface area contributed by atoms with Gasteiger partial charge in [-0.2, -0.15) is 10.2 Å². The molecule has 0 bridgehead atoms. The number of anilines is 2. The third kappa shape index (κ3) is 3.13. The van der Waals surface area contributed by atoms with E-state index in [2.05, 4.69) is 76.2 Å². The molecular weight excluding hydrogens is 348 g/mol. The van der Waals surface area contributed by atoms with Crippen LogP contribution >= 0.6 is 0 Å². The van der Waals surface area contributed by atoms with Crippen LogP contribution in [0.4, 0.5) is 11.6 Å². The Labute approximate surface area is 165 Å². The molecular formula is C22H28N6. The standard InChI is InChI=1S/C22H28N6/c1-21(2,3)16-12-18(27(7)25-16)23-20-14-10-8-9-11-15(14)28-19(24-20)13-17(26-28)22(4,5)6/h8-13H,1-7H3,(H,23,24). The number of hydrogen-bond acceptors (Lipinski definition) is 4. The molecule has 0 saturated heterocycles. The Balaban J connectivity index is 1.88. The molecule has 0 amide bonds. The summed E-state index contributed by atoms with van der Waals surface area (Å²) in [7, 11) is 1.95. The van der Waals surface area contributed by atoms with E-state index in [1.165, 1.54) is 0 Å². The van der Waals surface area contributed by atoms with Crippen molar-refractivity contribution in [3.63, 3.8) is 0 Å². The molecule has 3 heterocycles. The third-order valence-corrected chi connectivity index (χ3v) is 4.97. The molecule has 0 radical (unpaired) electrons. The van der Waals surface area contributed by atoms with Crippen LogP contribution in [-0.4, -0.2) is 24.4 Å². The molecule has 3 aromatic heterocycles. The van der Waals surface area contributed by atoms with E-state index in [9.17, 15) is 0 Å². The fourth-order valence-electron chi connectivity index (χ4n) is 3.20. The molecule has 146 valence electrons. The van der Waals surface area contributed by atoms with Crippen LogP contribution in [0, 0.1) is 0 Å². The lowest BCUT2D eigenvalue weighted by Gasteiger charge is -2.13. The van der Waals surface area contributed by atoms with Crippen molar-refractivity contribution in [2.45, 2.75) is 52.4 Å². The average Bonchev–Trinajstić information content (AvgIpc) is 3.19. The highest BCUT2D eigenvalue weighted by atomic mass is 15.3. The fourth-order valence-corrected chi connectivity index (χ4v) is 3.20. The largest absolute Gasteiger partial charge is 0.325 e. The zero-order valence-electron chi connectivity index (χ0n) is 17.7. The normalized spacial score (nSPS) is 12.8. The van der Waals surface area contributed by atoms with E-state index < -0.39 is 0 Å². The Bertz CT molecular complexity index is 1170. The molecule has 0 aliphatic rings. The molecule has 0 atom stereocenters. The lowest BCUT2D eigenvalue weighted by Crippen LogP contribution is -2.12. The molecule has 0 spiro atoms. The Morgan fingerprint density at radius 2 is 1.50 bits per heavy atom. The zero-order chi connectivity index (χ0) is 20.3. The summed E-state index contributed by atoms with van der Waals surface area (Å²) >= 11 is 0. The molecule has 0 fully saturated rings. The maximum Gasteiger partial charge on any atom is 0.158 e. The topological polar surface area (TPSA) is 60.0 Å². The predicted molar refractivity (Wildman–Crippen MR) is 114 cm³/mol. The number of para-hydroxylation sites is 1. The van der Waals surface area contributed by atoms with Gasteiger partial charge in [-0.1, -0.05) is 53.7 Å². The van der Waals surface area contributed by atoms with Gasteiger partial charge in [-0.05, 0) is 12.1 Å². The van der Waals surface area contributed by atoms with E-state index in [1.54, 1.807) is 0 Å². The number of hydrogen-bond donors (Lipinski definition) is 1. The third-order valence-electron chi connectivity index (χ3n) is 4.97. The summed E-state index contributed by atoms with van der Waals surface area (Å²) in [4.78, 5) is 4.89. The van der Waals surface area contributed by atoms with Crippen molar-refractivity contribution in [3.8, 4) is 0 Å². The molecule has 1 aromatic carbocycles. The van der Waals surface area contributed by atoms with Crippen LogP contribution in [0.15, 0.2) is 36.4 Å². The molecule has 0 unspecified atom stereocenters. The second kappa shape index (κ2) is 6.06. The summed E-state index contributed by atoms with van der Waals surface area (Å²) in [6.45, 7) is 13.0. The molecule has 0 saturated carbocycles. The van der Waals surface area contributed by atoms with Gasteiger partial charge in [0.05, 0.1) is 16.9 Å². The highest BCUT2D eigenvalue weighted by Crippen LogP contribution is 2.30. The van der Waals surface area contributed by atoms with Gasteiger partial charge in [-0.3, -0.25) is 4.68 Å². The van der Waals surface area contributed by atoms with E-state index >= 15 is 0 Å². The van der Waals surface area contributed by atoms with Gasteiger partial charge in [0.1, 0.15) is 11.6 Å². The maximum absolute atomic E-state index is 4.89. The van der Waals surface area contributed by atoms with Gasteiger partial charge in [-0.15, -0.1) is 0 Å². The number of nitrogens with one attached hydrogen (secondary N) is 1. The first-order valence-electron chi connectivity index (χ1n) is 9.64. The summed E-state index contributed by atoms with van der Waals surface area (Å²) < 4.78 is 3.81. The second-order valence-corrected chi connectivity index (χ2v) is 9.44. The monoisotopic (exact) mass is 376 g/mol. The van der Waals surface area contributed by atoms with Gasteiger partial charge >= 0.3 is 0 Å². The van der Waals surface area contributed by atoms with Crippen LogP contribution < -0.4 is 5.32 Å². The molecule has 6 heteroatoms. The summed E-state index contributed by atoms with van der Waals surface area (Å²) in [6.07, 6.45) is 0. The Hall–Kier alpha value is -2.89. The summed E-state index contributed by atoms with van der Waals surface area (Å²) in [5, 5.41) is 14.0. The minimum Gasteiger partial charge on any atom is -0.325 e. The van der Waals surface area contributed by atoms with Gasteiger partial charge < -0.3 is 5.32 Å². The molecule has 0 aliphatic heterocycles. The molecule has 28 heavy (non-hydrogen) atoms. The predicted octanol–water partition coefficient (Wildman–Crippen LogP) is 4.95. The number of nitrogens with zero attached hydrogens (tertiary/aromatic N) is 5. The summed E-state index contributed by atoms with van der Waals surface area (Å²) in [5.41, 5.74) is 3.89. The van der Waals surface area contributed by atoms with Gasteiger partial charge in [0, 0.05) is 35.4 Å². The number of rotatable bonds is 2. The first-order valence-corrected chi connectivity index (χ1v) is 9.64. The average molecular weight is 377 g/mol. The lowest BCUT2D eigenvalue weighted by molar-refractivity contribution is 0.553. The molecule has 6 nitrogen and oxygen atoms in total. The maximum atomic E-state index is 4.89. The van der Waals surface area contributed by atoms with E-state index in [0.29, 0.717) is 0 Å². The van der Waals surface area contributed by atoms with E-state index in [4.69, 9.17) is 10.1 Å². The number of aryl methyl sites for hydroxylation is 1.